The molecule has 1 aromatic rings. The molecule has 1 aliphatic heterocycles. The first-order chi connectivity index (χ1) is 14.5. The quantitative estimate of drug-likeness (QED) is 0.303. The van der Waals surface area contributed by atoms with E-state index in [9.17, 15) is 24.5 Å². The van der Waals surface area contributed by atoms with Crippen LogP contribution in [0, 0.1) is 10.1 Å². The number of hydrogen-bond donors (Lipinski definition) is 0. The number of rotatable bonds is 5. The third kappa shape index (κ3) is 6.80. The van der Waals surface area contributed by atoms with E-state index in [-0.39, 0.29) is 31.9 Å². The molecule has 1 saturated heterocycles. The van der Waals surface area contributed by atoms with Crippen LogP contribution in [-0.4, -0.2) is 70.6 Å². The summed E-state index contributed by atoms with van der Waals surface area (Å²) in [4.78, 5) is 50.6. The van der Waals surface area contributed by atoms with Crippen LogP contribution in [0.15, 0.2) is 30.3 Å². The molecule has 10 heteroatoms. The third-order valence-corrected chi connectivity index (χ3v) is 4.40. The lowest BCUT2D eigenvalue weighted by Gasteiger charge is -2.39. The lowest BCUT2D eigenvalue weighted by atomic mass is 10.1. The standard InChI is InChI=1S/C21H27N3O7/c1-5-30-19(26)17-14-22(20(27)31-21(2,3)4)12-13-23(17)18(25)11-8-15-6-9-16(10-7-15)24(28)29/h6-11,17H,5,12-14H2,1-4H3. The number of nitro groups is 1. The number of carbonyl (C=O) groups is 3. The lowest BCUT2D eigenvalue weighted by molar-refractivity contribution is -0.384. The van der Waals surface area contributed by atoms with E-state index in [1.165, 1.54) is 46.2 Å². The Labute approximate surface area is 180 Å². The molecule has 0 N–H and O–H groups in total. The first-order valence-electron chi connectivity index (χ1n) is 9.89. The van der Waals surface area contributed by atoms with Crippen LogP contribution in [0.4, 0.5) is 10.5 Å². The first-order valence-corrected chi connectivity index (χ1v) is 9.89. The maximum atomic E-state index is 12.8. The number of benzene rings is 1. The van der Waals surface area contributed by atoms with Gasteiger partial charge in [0.2, 0.25) is 5.91 Å². The normalized spacial score (nSPS) is 16.8. The van der Waals surface area contributed by atoms with Gasteiger partial charge in [-0.15, -0.1) is 0 Å². The molecule has 1 heterocycles. The molecular weight excluding hydrogens is 406 g/mol. The highest BCUT2D eigenvalue weighted by Gasteiger charge is 2.38. The van der Waals surface area contributed by atoms with Crippen molar-refractivity contribution in [3.63, 3.8) is 0 Å². The third-order valence-electron chi connectivity index (χ3n) is 4.40. The van der Waals surface area contributed by atoms with Gasteiger partial charge in [0.25, 0.3) is 5.69 Å². The average molecular weight is 433 g/mol. The molecule has 2 amide bonds. The van der Waals surface area contributed by atoms with E-state index in [1.54, 1.807) is 27.7 Å². The fraction of sp³-hybridized carbons (Fsp3) is 0.476. The SMILES string of the molecule is CCOC(=O)C1CN(C(=O)OC(C)(C)C)CCN1C(=O)C=Cc1ccc([N+](=O)[O-])cc1. The first kappa shape index (κ1) is 23.8. The smallest absolute Gasteiger partial charge is 0.410 e. The predicted octanol–water partition coefficient (Wildman–Crippen LogP) is 2.62. The van der Waals surface area contributed by atoms with Crippen molar-refractivity contribution in [2.24, 2.45) is 0 Å². The number of esters is 1. The Kier molecular flexibility index (Phi) is 7.73. The van der Waals surface area contributed by atoms with E-state index in [0.29, 0.717) is 5.56 Å². The van der Waals surface area contributed by atoms with Crippen LogP contribution in [0.1, 0.15) is 33.3 Å². The lowest BCUT2D eigenvalue weighted by Crippen LogP contribution is -2.60. The van der Waals surface area contributed by atoms with Gasteiger partial charge in [0.15, 0.2) is 0 Å². The van der Waals surface area contributed by atoms with Crippen LogP contribution in [0.3, 0.4) is 0 Å². The molecule has 0 bridgehead atoms. The minimum atomic E-state index is -0.963. The van der Waals surface area contributed by atoms with Crippen molar-refractivity contribution < 1.29 is 28.8 Å². The van der Waals surface area contributed by atoms with Gasteiger partial charge < -0.3 is 19.3 Å². The number of carbonyl (C=O) groups excluding carboxylic acids is 3. The van der Waals surface area contributed by atoms with Crippen molar-refractivity contribution in [2.45, 2.75) is 39.3 Å². The number of ether oxygens (including phenoxy) is 2. The average Bonchev–Trinajstić information content (AvgIpc) is 2.70. The van der Waals surface area contributed by atoms with Gasteiger partial charge in [-0.2, -0.15) is 0 Å². The number of amides is 2. The van der Waals surface area contributed by atoms with Crippen LogP contribution in [-0.2, 0) is 19.1 Å². The predicted molar refractivity (Wildman–Crippen MR) is 112 cm³/mol. The summed E-state index contributed by atoms with van der Waals surface area (Å²) < 4.78 is 10.5. The van der Waals surface area contributed by atoms with Crippen molar-refractivity contribution in [1.82, 2.24) is 9.80 Å². The van der Waals surface area contributed by atoms with E-state index in [1.807, 2.05) is 0 Å². The van der Waals surface area contributed by atoms with E-state index in [4.69, 9.17) is 9.47 Å². The summed E-state index contributed by atoms with van der Waals surface area (Å²) in [6.07, 6.45) is 2.24. The molecule has 1 unspecified atom stereocenters. The van der Waals surface area contributed by atoms with E-state index in [2.05, 4.69) is 0 Å². The molecule has 0 saturated carbocycles. The van der Waals surface area contributed by atoms with Crippen LogP contribution in [0.2, 0.25) is 0 Å². The zero-order valence-corrected chi connectivity index (χ0v) is 18.1. The summed E-state index contributed by atoms with van der Waals surface area (Å²) in [5.74, 6) is -1.03. The minimum Gasteiger partial charge on any atom is -0.464 e. The van der Waals surface area contributed by atoms with Gasteiger partial charge in [0, 0.05) is 31.3 Å². The Morgan fingerprint density at radius 1 is 1.19 bits per heavy atom. The van der Waals surface area contributed by atoms with Crippen LogP contribution in [0.25, 0.3) is 6.08 Å². The Bertz CT molecular complexity index is 859. The second kappa shape index (κ2) is 10.1. The van der Waals surface area contributed by atoms with Gasteiger partial charge in [0.05, 0.1) is 18.1 Å². The van der Waals surface area contributed by atoms with Gasteiger partial charge in [0.1, 0.15) is 11.6 Å². The van der Waals surface area contributed by atoms with Crippen LogP contribution >= 0.6 is 0 Å². The number of hydrogen-bond acceptors (Lipinski definition) is 7. The summed E-state index contributed by atoms with van der Waals surface area (Å²) >= 11 is 0. The van der Waals surface area contributed by atoms with Gasteiger partial charge in [-0.05, 0) is 51.5 Å². The molecule has 0 aromatic heterocycles. The molecule has 1 atom stereocenters. The van der Waals surface area contributed by atoms with Crippen molar-refractivity contribution >= 4 is 29.7 Å². The maximum Gasteiger partial charge on any atom is 0.410 e. The molecule has 2 rings (SSSR count). The minimum absolute atomic E-state index is 0.0368. The highest BCUT2D eigenvalue weighted by atomic mass is 16.6. The van der Waals surface area contributed by atoms with Crippen molar-refractivity contribution in [3.8, 4) is 0 Å². The number of piperazine rings is 1. The number of non-ortho nitro benzene ring substituents is 1. The summed E-state index contributed by atoms with van der Waals surface area (Å²) in [5.41, 5.74) is -0.139. The number of nitrogens with zero attached hydrogens (tertiary/aromatic N) is 3. The van der Waals surface area contributed by atoms with E-state index >= 15 is 0 Å². The van der Waals surface area contributed by atoms with Crippen molar-refractivity contribution in [1.29, 1.82) is 0 Å². The van der Waals surface area contributed by atoms with E-state index in [0.717, 1.165) is 0 Å². The van der Waals surface area contributed by atoms with Crippen LogP contribution < -0.4 is 0 Å². The Morgan fingerprint density at radius 3 is 2.39 bits per heavy atom. The molecule has 0 radical (unpaired) electrons. The highest BCUT2D eigenvalue weighted by Crippen LogP contribution is 2.18. The fourth-order valence-corrected chi connectivity index (χ4v) is 2.95. The Balaban J connectivity index is 2.13. The monoisotopic (exact) mass is 433 g/mol. The topological polar surface area (TPSA) is 119 Å². The number of nitro benzene ring substituents is 1. The zero-order valence-electron chi connectivity index (χ0n) is 18.1. The Morgan fingerprint density at radius 2 is 1.84 bits per heavy atom. The largest absolute Gasteiger partial charge is 0.464 e. The summed E-state index contributed by atoms with van der Waals surface area (Å²) in [7, 11) is 0. The van der Waals surface area contributed by atoms with Crippen molar-refractivity contribution in [3.05, 3.63) is 46.0 Å². The molecule has 10 nitrogen and oxygen atoms in total. The van der Waals surface area contributed by atoms with E-state index < -0.39 is 34.5 Å². The Hall–Kier alpha value is -3.43. The molecule has 31 heavy (non-hydrogen) atoms. The molecular formula is C21H27N3O7. The highest BCUT2D eigenvalue weighted by molar-refractivity contribution is 5.95. The second-order valence-corrected chi connectivity index (χ2v) is 7.91. The molecule has 1 aromatic carbocycles. The molecule has 0 spiro atoms. The van der Waals surface area contributed by atoms with Crippen molar-refractivity contribution in [2.75, 3.05) is 26.2 Å². The zero-order chi connectivity index (χ0) is 23.2. The van der Waals surface area contributed by atoms with Crippen LogP contribution in [0.5, 0.6) is 0 Å². The summed E-state index contributed by atoms with van der Waals surface area (Å²) in [6, 6.07) is 4.75. The van der Waals surface area contributed by atoms with Gasteiger partial charge >= 0.3 is 12.1 Å². The van der Waals surface area contributed by atoms with Gasteiger partial charge in [-0.3, -0.25) is 14.9 Å². The summed E-state index contributed by atoms with van der Waals surface area (Å²) in [5, 5.41) is 10.7. The van der Waals surface area contributed by atoms with Gasteiger partial charge in [-0.1, -0.05) is 0 Å². The second-order valence-electron chi connectivity index (χ2n) is 7.91. The fourth-order valence-electron chi connectivity index (χ4n) is 2.95. The summed E-state index contributed by atoms with van der Waals surface area (Å²) in [6.45, 7) is 7.35. The van der Waals surface area contributed by atoms with Gasteiger partial charge in [-0.25, -0.2) is 9.59 Å². The molecule has 168 valence electrons. The molecule has 1 aliphatic rings. The molecule has 1 fully saturated rings. The molecule has 0 aliphatic carbocycles. The maximum absolute atomic E-state index is 12.8.